The van der Waals surface area contributed by atoms with Gasteiger partial charge in [0.2, 0.25) is 0 Å². The highest BCUT2D eigenvalue weighted by molar-refractivity contribution is 5.48. The Morgan fingerprint density at radius 3 is 2.60 bits per heavy atom. The zero-order valence-corrected chi connectivity index (χ0v) is 11.6. The molecule has 20 heavy (non-hydrogen) atoms. The van der Waals surface area contributed by atoms with Crippen LogP contribution >= 0.6 is 0 Å². The number of hydrogen-bond acceptors (Lipinski definition) is 3. The van der Waals surface area contributed by atoms with Crippen LogP contribution < -0.4 is 10.2 Å². The third-order valence-corrected chi connectivity index (χ3v) is 3.52. The lowest BCUT2D eigenvalue weighted by Gasteiger charge is -2.36. The first kappa shape index (κ1) is 14.9. The largest absolute Gasteiger partial charge is 0.367 e. The Kier molecular flexibility index (Phi) is 5.49. The topological polar surface area (TPSA) is 18.5 Å². The first-order valence-corrected chi connectivity index (χ1v) is 6.94. The van der Waals surface area contributed by atoms with Crippen molar-refractivity contribution in [2.24, 2.45) is 0 Å². The lowest BCUT2D eigenvalue weighted by Crippen LogP contribution is -2.48. The highest BCUT2D eigenvalue weighted by Crippen LogP contribution is 2.21. The fourth-order valence-electron chi connectivity index (χ4n) is 2.39. The van der Waals surface area contributed by atoms with Gasteiger partial charge in [-0.15, -0.1) is 6.58 Å². The monoisotopic (exact) mass is 281 g/mol. The van der Waals surface area contributed by atoms with Gasteiger partial charge in [-0.05, 0) is 12.1 Å². The maximum Gasteiger partial charge on any atom is 0.149 e. The quantitative estimate of drug-likeness (QED) is 0.634. The predicted molar refractivity (Wildman–Crippen MR) is 78.1 cm³/mol. The zero-order chi connectivity index (χ0) is 14.4. The highest BCUT2D eigenvalue weighted by atomic mass is 19.1. The first-order chi connectivity index (χ1) is 9.70. The molecular formula is C15H21F2N3. The Morgan fingerprint density at radius 2 is 1.95 bits per heavy atom. The highest BCUT2D eigenvalue weighted by Gasteiger charge is 2.19. The Bertz CT molecular complexity index is 443. The molecule has 3 nitrogen and oxygen atoms in total. The van der Waals surface area contributed by atoms with E-state index in [1.165, 1.54) is 12.1 Å². The van der Waals surface area contributed by atoms with Crippen molar-refractivity contribution in [2.75, 3.05) is 50.7 Å². The number of benzene rings is 1. The smallest absolute Gasteiger partial charge is 0.149 e. The maximum atomic E-state index is 13.7. The fraction of sp³-hybridized carbons (Fsp3) is 0.467. The van der Waals surface area contributed by atoms with Gasteiger partial charge < -0.3 is 10.2 Å². The number of anilines is 1. The molecule has 0 bridgehead atoms. The molecule has 1 saturated heterocycles. The molecule has 0 saturated carbocycles. The molecule has 2 rings (SSSR count). The second-order valence-corrected chi connectivity index (χ2v) is 4.92. The predicted octanol–water partition coefficient (Wildman–Crippen LogP) is 1.86. The van der Waals surface area contributed by atoms with E-state index in [-0.39, 0.29) is 0 Å². The van der Waals surface area contributed by atoms with Gasteiger partial charge in [0.15, 0.2) is 0 Å². The third-order valence-electron chi connectivity index (χ3n) is 3.52. The van der Waals surface area contributed by atoms with Crippen molar-refractivity contribution in [1.82, 2.24) is 10.2 Å². The molecular weight excluding hydrogens is 260 g/mol. The molecule has 0 spiro atoms. The zero-order valence-electron chi connectivity index (χ0n) is 11.6. The standard InChI is InChI=1S/C15H21F2N3/c1-2-5-18-6-7-19-8-10-20(11-9-19)15-4-3-13(16)12-14(15)17/h2-4,12,18H,1,5-11H2. The number of rotatable bonds is 6. The molecule has 0 unspecified atom stereocenters. The summed E-state index contributed by atoms with van der Waals surface area (Å²) >= 11 is 0. The Hall–Kier alpha value is -1.46. The van der Waals surface area contributed by atoms with Gasteiger partial charge in [0.05, 0.1) is 5.69 Å². The van der Waals surface area contributed by atoms with Gasteiger partial charge in [0.25, 0.3) is 0 Å². The first-order valence-electron chi connectivity index (χ1n) is 6.94. The van der Waals surface area contributed by atoms with Crippen LogP contribution in [0.15, 0.2) is 30.9 Å². The minimum atomic E-state index is -0.529. The van der Waals surface area contributed by atoms with Crippen molar-refractivity contribution >= 4 is 5.69 Å². The number of nitrogens with one attached hydrogen (secondary N) is 1. The number of hydrogen-bond donors (Lipinski definition) is 1. The summed E-state index contributed by atoms with van der Waals surface area (Å²) in [6.07, 6.45) is 1.84. The van der Waals surface area contributed by atoms with Crippen molar-refractivity contribution in [2.45, 2.75) is 0 Å². The van der Waals surface area contributed by atoms with Crippen molar-refractivity contribution in [3.8, 4) is 0 Å². The average Bonchev–Trinajstić information content (AvgIpc) is 2.45. The summed E-state index contributed by atoms with van der Waals surface area (Å²) in [4.78, 5) is 4.32. The molecule has 0 aromatic heterocycles. The third kappa shape index (κ3) is 4.02. The van der Waals surface area contributed by atoms with Crippen molar-refractivity contribution in [1.29, 1.82) is 0 Å². The van der Waals surface area contributed by atoms with E-state index in [1.807, 2.05) is 11.0 Å². The van der Waals surface area contributed by atoms with Crippen LogP contribution in [0.3, 0.4) is 0 Å². The van der Waals surface area contributed by atoms with Crippen molar-refractivity contribution < 1.29 is 8.78 Å². The summed E-state index contributed by atoms with van der Waals surface area (Å²) in [6, 6.07) is 3.77. The Labute approximate surface area is 118 Å². The van der Waals surface area contributed by atoms with Crippen LogP contribution in [-0.2, 0) is 0 Å². The summed E-state index contributed by atoms with van der Waals surface area (Å²) in [7, 11) is 0. The summed E-state index contributed by atoms with van der Waals surface area (Å²) < 4.78 is 26.6. The van der Waals surface area contributed by atoms with E-state index >= 15 is 0 Å². The summed E-state index contributed by atoms with van der Waals surface area (Å²) in [5.74, 6) is -1.01. The van der Waals surface area contributed by atoms with Gasteiger partial charge in [-0.3, -0.25) is 4.90 Å². The van der Waals surface area contributed by atoms with Crippen LogP contribution in [-0.4, -0.2) is 50.7 Å². The SMILES string of the molecule is C=CCNCCN1CCN(c2ccc(F)cc2F)CC1. The van der Waals surface area contributed by atoms with Crippen LogP contribution in [0.25, 0.3) is 0 Å². The van der Waals surface area contributed by atoms with E-state index in [2.05, 4.69) is 16.8 Å². The molecule has 110 valence electrons. The average molecular weight is 281 g/mol. The summed E-state index contributed by atoms with van der Waals surface area (Å²) in [5.41, 5.74) is 0.496. The van der Waals surface area contributed by atoms with Crippen LogP contribution in [0.1, 0.15) is 0 Å². The molecule has 1 aliphatic rings. The van der Waals surface area contributed by atoms with Gasteiger partial charge in [0, 0.05) is 51.9 Å². The number of halogens is 2. The van der Waals surface area contributed by atoms with Crippen molar-refractivity contribution in [3.05, 3.63) is 42.5 Å². The van der Waals surface area contributed by atoms with Crippen LogP contribution in [0, 0.1) is 11.6 Å². The molecule has 0 atom stereocenters. The van der Waals surface area contributed by atoms with Crippen LogP contribution in [0.4, 0.5) is 14.5 Å². The van der Waals surface area contributed by atoms with E-state index in [0.29, 0.717) is 5.69 Å². The van der Waals surface area contributed by atoms with E-state index < -0.39 is 11.6 Å². The molecule has 1 heterocycles. The van der Waals surface area contributed by atoms with Gasteiger partial charge >= 0.3 is 0 Å². The molecule has 1 aromatic carbocycles. The van der Waals surface area contributed by atoms with E-state index in [0.717, 1.165) is 51.9 Å². The van der Waals surface area contributed by atoms with Crippen LogP contribution in [0.2, 0.25) is 0 Å². The second kappa shape index (κ2) is 7.36. The second-order valence-electron chi connectivity index (χ2n) is 4.92. The minimum absolute atomic E-state index is 0.480. The van der Waals surface area contributed by atoms with Gasteiger partial charge in [0.1, 0.15) is 11.6 Å². The molecule has 0 amide bonds. The molecule has 1 aromatic rings. The maximum absolute atomic E-state index is 13.7. The molecule has 0 radical (unpaired) electrons. The van der Waals surface area contributed by atoms with Gasteiger partial charge in [-0.1, -0.05) is 6.08 Å². The fourth-order valence-corrected chi connectivity index (χ4v) is 2.39. The van der Waals surface area contributed by atoms with E-state index in [1.54, 1.807) is 0 Å². The molecule has 1 aliphatic heterocycles. The van der Waals surface area contributed by atoms with E-state index in [4.69, 9.17) is 0 Å². The number of piperazine rings is 1. The Morgan fingerprint density at radius 1 is 1.20 bits per heavy atom. The molecule has 1 N–H and O–H groups in total. The van der Waals surface area contributed by atoms with Crippen molar-refractivity contribution in [3.63, 3.8) is 0 Å². The minimum Gasteiger partial charge on any atom is -0.367 e. The van der Waals surface area contributed by atoms with Gasteiger partial charge in [-0.2, -0.15) is 0 Å². The molecule has 1 fully saturated rings. The summed E-state index contributed by atoms with van der Waals surface area (Å²) in [5, 5.41) is 3.27. The van der Waals surface area contributed by atoms with Crippen LogP contribution in [0.5, 0.6) is 0 Å². The lowest BCUT2D eigenvalue weighted by molar-refractivity contribution is 0.258. The number of nitrogens with zero attached hydrogens (tertiary/aromatic N) is 2. The normalized spacial score (nSPS) is 16.4. The molecule has 5 heteroatoms. The van der Waals surface area contributed by atoms with Gasteiger partial charge in [-0.25, -0.2) is 8.78 Å². The summed E-state index contributed by atoms with van der Waals surface area (Å²) in [6.45, 7) is 9.71. The Balaban J connectivity index is 1.80. The molecule has 0 aliphatic carbocycles. The lowest BCUT2D eigenvalue weighted by atomic mass is 10.2. The van der Waals surface area contributed by atoms with E-state index in [9.17, 15) is 8.78 Å².